The average molecular weight is 406 g/mol. The maximum Gasteiger partial charge on any atom is 0.418 e. The van der Waals surface area contributed by atoms with Gasteiger partial charge in [0.25, 0.3) is 5.56 Å². The zero-order chi connectivity index (χ0) is 21.5. The van der Waals surface area contributed by atoms with Crippen molar-refractivity contribution in [3.63, 3.8) is 0 Å². The first-order valence-corrected chi connectivity index (χ1v) is 8.70. The Bertz CT molecular complexity index is 1240. The van der Waals surface area contributed by atoms with Crippen molar-refractivity contribution in [2.24, 2.45) is 0 Å². The Labute approximate surface area is 162 Å². The number of ether oxygens (including phenoxy) is 1. The highest BCUT2D eigenvalue weighted by Crippen LogP contribution is 2.33. The fourth-order valence-corrected chi connectivity index (χ4v) is 3.38. The molecule has 0 saturated heterocycles. The van der Waals surface area contributed by atoms with E-state index < -0.39 is 34.6 Å². The van der Waals surface area contributed by atoms with Crippen LogP contribution < -0.4 is 11.2 Å². The lowest BCUT2D eigenvalue weighted by Gasteiger charge is -2.16. The van der Waals surface area contributed by atoms with Gasteiger partial charge in [-0.05, 0) is 50.1 Å². The number of carbonyl (C=O) groups is 1. The van der Waals surface area contributed by atoms with Crippen LogP contribution in [0.5, 0.6) is 0 Å². The molecule has 0 atom stereocenters. The molecule has 0 saturated carbocycles. The second kappa shape index (κ2) is 7.23. The smallest absolute Gasteiger partial charge is 0.418 e. The van der Waals surface area contributed by atoms with Crippen LogP contribution in [-0.4, -0.2) is 22.1 Å². The summed E-state index contributed by atoms with van der Waals surface area (Å²) in [5.41, 5.74) is -2.73. The van der Waals surface area contributed by atoms with Crippen LogP contribution >= 0.6 is 0 Å². The molecule has 0 fully saturated rings. The predicted molar refractivity (Wildman–Crippen MR) is 101 cm³/mol. The molecule has 0 unspecified atom stereocenters. The number of para-hydroxylation sites is 1. The van der Waals surface area contributed by atoms with Gasteiger partial charge in [0.15, 0.2) is 0 Å². The Morgan fingerprint density at radius 1 is 1.17 bits per heavy atom. The minimum Gasteiger partial charge on any atom is -0.462 e. The fraction of sp³-hybridized carbons (Fsp3) is 0.250. The van der Waals surface area contributed by atoms with Crippen LogP contribution in [-0.2, 0) is 10.9 Å². The first-order valence-electron chi connectivity index (χ1n) is 8.70. The molecule has 0 radical (unpaired) electrons. The normalized spacial score (nSPS) is 11.7. The maximum atomic E-state index is 13.4. The average Bonchev–Trinajstić information content (AvgIpc) is 2.60. The van der Waals surface area contributed by atoms with Crippen LogP contribution in [0.25, 0.3) is 16.6 Å². The highest BCUT2D eigenvalue weighted by atomic mass is 19.4. The van der Waals surface area contributed by atoms with Crippen molar-refractivity contribution in [3.05, 3.63) is 73.4 Å². The number of aryl methyl sites for hydroxylation is 2. The van der Waals surface area contributed by atoms with Crippen LogP contribution in [0.15, 0.2) is 39.9 Å². The van der Waals surface area contributed by atoms with Gasteiger partial charge in [-0.1, -0.05) is 12.1 Å². The van der Waals surface area contributed by atoms with Gasteiger partial charge in [-0.3, -0.25) is 4.79 Å². The summed E-state index contributed by atoms with van der Waals surface area (Å²) >= 11 is 0. The molecule has 0 spiro atoms. The Morgan fingerprint density at radius 2 is 1.83 bits per heavy atom. The number of carbonyl (C=O) groups excluding carboxylic acids is 1. The third-order valence-corrected chi connectivity index (χ3v) is 4.57. The van der Waals surface area contributed by atoms with Crippen molar-refractivity contribution in [3.8, 4) is 5.69 Å². The van der Waals surface area contributed by atoms with Gasteiger partial charge < -0.3 is 9.72 Å². The van der Waals surface area contributed by atoms with Crippen LogP contribution in [0.4, 0.5) is 13.2 Å². The summed E-state index contributed by atoms with van der Waals surface area (Å²) < 4.78 is 45.7. The molecule has 6 nitrogen and oxygen atoms in total. The van der Waals surface area contributed by atoms with Gasteiger partial charge in [-0.15, -0.1) is 0 Å². The number of esters is 1. The molecular weight excluding hydrogens is 389 g/mol. The number of nitrogens with one attached hydrogen (secondary N) is 1. The summed E-state index contributed by atoms with van der Waals surface area (Å²) in [6.07, 6.45) is -4.77. The highest BCUT2D eigenvalue weighted by molar-refractivity contribution is 5.99. The van der Waals surface area contributed by atoms with Crippen molar-refractivity contribution in [1.82, 2.24) is 9.55 Å². The van der Waals surface area contributed by atoms with Crippen molar-refractivity contribution in [2.45, 2.75) is 26.9 Å². The molecule has 1 N–H and O–H groups in total. The number of aromatic nitrogens is 2. The molecule has 0 aliphatic carbocycles. The van der Waals surface area contributed by atoms with Gasteiger partial charge >= 0.3 is 17.8 Å². The van der Waals surface area contributed by atoms with Crippen LogP contribution in [0.3, 0.4) is 0 Å². The second-order valence-electron chi connectivity index (χ2n) is 6.42. The molecule has 0 amide bonds. The Hall–Kier alpha value is -3.36. The molecule has 1 aromatic heterocycles. The first-order chi connectivity index (χ1) is 13.6. The van der Waals surface area contributed by atoms with Crippen molar-refractivity contribution in [2.75, 3.05) is 6.61 Å². The van der Waals surface area contributed by atoms with Gasteiger partial charge in [0, 0.05) is 0 Å². The Morgan fingerprint density at radius 3 is 2.45 bits per heavy atom. The van der Waals surface area contributed by atoms with E-state index in [1.807, 2.05) is 0 Å². The quantitative estimate of drug-likeness (QED) is 0.675. The Kier molecular flexibility index (Phi) is 5.08. The van der Waals surface area contributed by atoms with Crippen molar-refractivity contribution >= 4 is 16.9 Å². The topological polar surface area (TPSA) is 81.2 Å². The summed E-state index contributed by atoms with van der Waals surface area (Å²) in [6, 6.07) is 5.72. The van der Waals surface area contributed by atoms with Crippen molar-refractivity contribution in [1.29, 1.82) is 0 Å². The SMILES string of the molecule is CCOC(=O)c1c(C)cc2[nH]c(=O)n(-c3ccccc3C(F)(F)F)c(=O)c2c1C. The zero-order valence-electron chi connectivity index (χ0n) is 15.8. The molecule has 0 aliphatic heterocycles. The van der Waals surface area contributed by atoms with E-state index in [-0.39, 0.29) is 28.6 Å². The van der Waals surface area contributed by atoms with E-state index in [9.17, 15) is 27.6 Å². The van der Waals surface area contributed by atoms with E-state index >= 15 is 0 Å². The number of aromatic amines is 1. The highest BCUT2D eigenvalue weighted by Gasteiger charge is 2.34. The lowest BCUT2D eigenvalue weighted by atomic mass is 9.98. The number of alkyl halides is 3. The molecule has 2 aromatic carbocycles. The number of nitrogens with zero attached hydrogens (tertiary/aromatic N) is 1. The number of benzene rings is 2. The number of fused-ring (bicyclic) bond motifs is 1. The van der Waals surface area contributed by atoms with Gasteiger partial charge in [0.05, 0.1) is 34.3 Å². The number of hydrogen-bond donors (Lipinski definition) is 1. The molecule has 1 heterocycles. The van der Waals surface area contributed by atoms with Crippen LogP contribution in [0.1, 0.15) is 34.0 Å². The summed E-state index contributed by atoms with van der Waals surface area (Å²) in [5, 5.41) is -0.0600. The zero-order valence-corrected chi connectivity index (χ0v) is 15.8. The number of rotatable bonds is 3. The summed E-state index contributed by atoms with van der Waals surface area (Å²) in [4.78, 5) is 40.4. The molecule has 3 aromatic rings. The Balaban J connectivity index is 2.43. The standard InChI is InChI=1S/C20H17F3N2O4/c1-4-29-18(27)15-10(2)9-13-16(11(15)3)17(26)25(19(28)24-13)14-8-6-5-7-12(14)20(21,22)23/h5-9H,4H2,1-3H3,(H,24,28). The lowest BCUT2D eigenvalue weighted by molar-refractivity contribution is -0.137. The third-order valence-electron chi connectivity index (χ3n) is 4.57. The number of halogens is 3. The largest absolute Gasteiger partial charge is 0.462 e. The molecule has 0 bridgehead atoms. The summed E-state index contributed by atoms with van der Waals surface area (Å²) in [7, 11) is 0. The van der Waals surface area contributed by atoms with E-state index in [1.54, 1.807) is 13.8 Å². The second-order valence-corrected chi connectivity index (χ2v) is 6.42. The van der Waals surface area contributed by atoms with Gasteiger partial charge in [0.1, 0.15) is 0 Å². The lowest BCUT2D eigenvalue weighted by Crippen LogP contribution is -2.35. The number of hydrogen-bond acceptors (Lipinski definition) is 4. The van der Waals surface area contributed by atoms with Gasteiger partial charge in [-0.2, -0.15) is 13.2 Å². The van der Waals surface area contributed by atoms with Crippen LogP contribution in [0, 0.1) is 13.8 Å². The summed E-state index contributed by atoms with van der Waals surface area (Å²) in [6.45, 7) is 4.84. The molecule has 9 heteroatoms. The third kappa shape index (κ3) is 3.43. The van der Waals surface area contributed by atoms with Crippen LogP contribution in [0.2, 0.25) is 0 Å². The molecular formula is C20H17F3N2O4. The van der Waals surface area contributed by atoms with E-state index in [2.05, 4.69) is 4.98 Å². The van der Waals surface area contributed by atoms with E-state index in [1.165, 1.54) is 25.1 Å². The van der Waals surface area contributed by atoms with Gasteiger partial charge in [0.2, 0.25) is 0 Å². The monoisotopic (exact) mass is 406 g/mol. The first kappa shape index (κ1) is 20.4. The van der Waals surface area contributed by atoms with E-state index in [0.717, 1.165) is 12.1 Å². The molecule has 152 valence electrons. The molecule has 0 aliphatic rings. The summed E-state index contributed by atoms with van der Waals surface area (Å²) in [5.74, 6) is -0.655. The molecule has 29 heavy (non-hydrogen) atoms. The van der Waals surface area contributed by atoms with E-state index in [4.69, 9.17) is 4.74 Å². The van der Waals surface area contributed by atoms with E-state index in [0.29, 0.717) is 10.1 Å². The minimum atomic E-state index is -4.77. The van der Waals surface area contributed by atoms with Crippen molar-refractivity contribution < 1.29 is 22.7 Å². The fourth-order valence-electron chi connectivity index (χ4n) is 3.38. The number of H-pyrrole nitrogens is 1. The van der Waals surface area contributed by atoms with Gasteiger partial charge in [-0.25, -0.2) is 14.2 Å². The molecule has 3 rings (SSSR count). The maximum absolute atomic E-state index is 13.4. The predicted octanol–water partition coefficient (Wildman–Crippen LogP) is 3.49. The minimum absolute atomic E-state index is 0.0600.